The van der Waals surface area contributed by atoms with Crippen molar-refractivity contribution < 1.29 is 0 Å². The maximum Gasteiger partial charge on any atom is 0.0708 e. The Morgan fingerprint density at radius 3 is 2.13 bits per heavy atom. The number of rotatable bonds is 2. The van der Waals surface area contributed by atoms with E-state index in [0.29, 0.717) is 0 Å². The Kier molecular flexibility index (Phi) is 4.27. The molecule has 39 heavy (non-hydrogen) atoms. The van der Waals surface area contributed by atoms with Crippen LogP contribution in [-0.4, -0.2) is 4.98 Å². The van der Waals surface area contributed by atoms with Gasteiger partial charge in [0.25, 0.3) is 0 Å². The Morgan fingerprint density at radius 2 is 1.18 bits per heavy atom. The average molecular weight is 512 g/mol. The molecular weight excluding hydrogens is 490 g/mol. The lowest BCUT2D eigenvalue weighted by Gasteiger charge is -2.11. The van der Waals surface area contributed by atoms with Gasteiger partial charge < -0.3 is 0 Å². The van der Waals surface area contributed by atoms with Crippen LogP contribution in [0.3, 0.4) is 0 Å². The zero-order valence-electron chi connectivity index (χ0n) is 21.0. The van der Waals surface area contributed by atoms with Crippen LogP contribution < -0.4 is 0 Å². The predicted molar refractivity (Wildman–Crippen MR) is 169 cm³/mol. The van der Waals surface area contributed by atoms with Gasteiger partial charge in [-0.2, -0.15) is 0 Å². The molecule has 0 aliphatic carbocycles. The van der Waals surface area contributed by atoms with Gasteiger partial charge >= 0.3 is 0 Å². The molecule has 9 rings (SSSR count). The molecule has 0 unspecified atom stereocenters. The largest absolute Gasteiger partial charge is 0.256 e. The molecule has 9 aromatic rings. The Bertz CT molecular complexity index is 2390. The number of pyridine rings is 1. The van der Waals surface area contributed by atoms with Crippen molar-refractivity contribution >= 4 is 74.6 Å². The van der Waals surface area contributed by atoms with Gasteiger partial charge in [0.2, 0.25) is 0 Å². The van der Waals surface area contributed by atoms with Crippen LogP contribution in [-0.2, 0) is 0 Å². The van der Waals surface area contributed by atoms with E-state index in [2.05, 4.69) is 121 Å². The highest BCUT2D eigenvalue weighted by Gasteiger charge is 2.15. The molecule has 0 radical (unpaired) electrons. The SMILES string of the molecule is c1ccc2c(c1)ccc1cnc(-c3ccc4cc(-c5ccc6sc7cccc8ccc5c6c87)ccc4c3)cc12. The number of aromatic nitrogens is 1. The van der Waals surface area contributed by atoms with Gasteiger partial charge in [-0.3, -0.25) is 4.98 Å². The van der Waals surface area contributed by atoms with E-state index in [9.17, 15) is 0 Å². The molecule has 0 aliphatic rings. The van der Waals surface area contributed by atoms with E-state index in [-0.39, 0.29) is 0 Å². The maximum atomic E-state index is 4.83. The molecule has 0 spiro atoms. The molecule has 0 atom stereocenters. The highest BCUT2D eigenvalue weighted by atomic mass is 32.1. The van der Waals surface area contributed by atoms with E-state index in [1.165, 1.54) is 74.4 Å². The lowest BCUT2D eigenvalue weighted by Crippen LogP contribution is -1.87. The summed E-state index contributed by atoms with van der Waals surface area (Å²) in [4.78, 5) is 4.83. The van der Waals surface area contributed by atoms with Gasteiger partial charge in [0.15, 0.2) is 0 Å². The first-order valence-electron chi connectivity index (χ1n) is 13.3. The fourth-order valence-electron chi connectivity index (χ4n) is 6.33. The molecule has 1 nitrogen and oxygen atoms in total. The maximum absolute atomic E-state index is 4.83. The third-order valence-electron chi connectivity index (χ3n) is 8.24. The molecule has 180 valence electrons. The molecule has 7 aromatic carbocycles. The van der Waals surface area contributed by atoms with Crippen LogP contribution >= 0.6 is 11.3 Å². The third-order valence-corrected chi connectivity index (χ3v) is 9.36. The molecule has 0 N–H and O–H groups in total. The van der Waals surface area contributed by atoms with Crippen molar-refractivity contribution in [3.8, 4) is 22.4 Å². The first-order chi connectivity index (χ1) is 19.3. The molecule has 0 bridgehead atoms. The molecule has 2 heteroatoms. The van der Waals surface area contributed by atoms with Crippen LogP contribution in [0.2, 0.25) is 0 Å². The first-order valence-corrected chi connectivity index (χ1v) is 14.1. The van der Waals surface area contributed by atoms with E-state index in [1.807, 2.05) is 17.5 Å². The average Bonchev–Trinajstić information content (AvgIpc) is 3.39. The Balaban J connectivity index is 1.17. The summed E-state index contributed by atoms with van der Waals surface area (Å²) in [6.45, 7) is 0. The first kappa shape index (κ1) is 21.2. The summed E-state index contributed by atoms with van der Waals surface area (Å²) in [7, 11) is 0. The molecule has 0 amide bonds. The topological polar surface area (TPSA) is 12.9 Å². The van der Waals surface area contributed by atoms with E-state index >= 15 is 0 Å². The lowest BCUT2D eigenvalue weighted by molar-refractivity contribution is 1.36. The van der Waals surface area contributed by atoms with Crippen LogP contribution in [0.1, 0.15) is 0 Å². The van der Waals surface area contributed by atoms with Crippen molar-refractivity contribution in [3.05, 3.63) is 128 Å². The van der Waals surface area contributed by atoms with Crippen molar-refractivity contribution in [2.45, 2.75) is 0 Å². The van der Waals surface area contributed by atoms with Crippen molar-refractivity contribution in [3.63, 3.8) is 0 Å². The molecule has 0 saturated heterocycles. The number of hydrogen-bond acceptors (Lipinski definition) is 2. The quantitative estimate of drug-likeness (QED) is 0.210. The van der Waals surface area contributed by atoms with Gasteiger partial charge in [0.05, 0.1) is 5.69 Å². The van der Waals surface area contributed by atoms with E-state index in [4.69, 9.17) is 4.98 Å². The third kappa shape index (κ3) is 3.10. The van der Waals surface area contributed by atoms with Gasteiger partial charge in [0, 0.05) is 37.3 Å². The summed E-state index contributed by atoms with van der Waals surface area (Å²) < 4.78 is 2.73. The smallest absolute Gasteiger partial charge is 0.0708 e. The molecule has 0 saturated carbocycles. The van der Waals surface area contributed by atoms with Crippen molar-refractivity contribution in [2.75, 3.05) is 0 Å². The van der Waals surface area contributed by atoms with Crippen molar-refractivity contribution in [2.24, 2.45) is 0 Å². The van der Waals surface area contributed by atoms with Gasteiger partial charge in [-0.15, -0.1) is 11.3 Å². The highest BCUT2D eigenvalue weighted by molar-refractivity contribution is 7.26. The molecule has 0 aliphatic heterocycles. The van der Waals surface area contributed by atoms with Crippen molar-refractivity contribution in [1.82, 2.24) is 4.98 Å². The lowest BCUT2D eigenvalue weighted by atomic mass is 9.93. The number of hydrogen-bond donors (Lipinski definition) is 0. The zero-order valence-corrected chi connectivity index (χ0v) is 21.8. The minimum Gasteiger partial charge on any atom is -0.256 e. The summed E-state index contributed by atoms with van der Waals surface area (Å²) in [5.74, 6) is 0. The van der Waals surface area contributed by atoms with Gasteiger partial charge in [0.1, 0.15) is 0 Å². The fourth-order valence-corrected chi connectivity index (χ4v) is 7.48. The minimum absolute atomic E-state index is 1.00. The second-order valence-corrected chi connectivity index (χ2v) is 11.5. The molecule has 2 heterocycles. The molecule has 2 aromatic heterocycles. The number of nitrogens with zero attached hydrogens (tertiary/aromatic N) is 1. The van der Waals surface area contributed by atoms with Gasteiger partial charge in [-0.1, -0.05) is 91.0 Å². The highest BCUT2D eigenvalue weighted by Crippen LogP contribution is 2.44. The zero-order chi connectivity index (χ0) is 25.5. The van der Waals surface area contributed by atoms with Gasteiger partial charge in [-0.25, -0.2) is 0 Å². The minimum atomic E-state index is 1.00. The predicted octanol–water partition coefficient (Wildman–Crippen LogP) is 10.8. The van der Waals surface area contributed by atoms with Gasteiger partial charge in [-0.05, 0) is 79.2 Å². The van der Waals surface area contributed by atoms with E-state index in [1.54, 1.807) is 0 Å². The Morgan fingerprint density at radius 1 is 0.436 bits per heavy atom. The van der Waals surface area contributed by atoms with Crippen LogP contribution in [0.4, 0.5) is 0 Å². The van der Waals surface area contributed by atoms with E-state index < -0.39 is 0 Å². The summed E-state index contributed by atoms with van der Waals surface area (Å²) in [5, 5.41) is 12.9. The number of benzene rings is 7. The number of fused-ring (bicyclic) bond motifs is 4. The Labute approximate surface area is 228 Å². The standard InChI is InChI=1S/C37H21NS/c1-2-6-29-22(4-1)8-13-28-21-38-33(20-32(28)29)27-12-10-24-18-26(11-9-25(24)19-27)30-16-17-35-37-31(30)15-14-23-5-3-7-34(39-35)36(23)37/h1-21H. The van der Waals surface area contributed by atoms with E-state index in [0.717, 1.165) is 11.3 Å². The number of thiophene rings is 1. The summed E-state index contributed by atoms with van der Waals surface area (Å²) >= 11 is 1.89. The normalized spacial score (nSPS) is 12.1. The van der Waals surface area contributed by atoms with Crippen LogP contribution in [0.25, 0.3) is 85.6 Å². The van der Waals surface area contributed by atoms with Crippen molar-refractivity contribution in [1.29, 1.82) is 0 Å². The summed E-state index contributed by atoms with van der Waals surface area (Å²) in [6, 6.07) is 44.5. The molecule has 0 fully saturated rings. The second kappa shape index (κ2) is 7.86. The summed E-state index contributed by atoms with van der Waals surface area (Å²) in [5.41, 5.74) is 4.69. The van der Waals surface area contributed by atoms with Crippen LogP contribution in [0.15, 0.2) is 128 Å². The fraction of sp³-hybridized carbons (Fsp3) is 0. The monoisotopic (exact) mass is 511 g/mol. The summed E-state index contributed by atoms with van der Waals surface area (Å²) in [6.07, 6.45) is 2.00. The second-order valence-electron chi connectivity index (χ2n) is 10.4. The van der Waals surface area contributed by atoms with Crippen LogP contribution in [0.5, 0.6) is 0 Å². The van der Waals surface area contributed by atoms with Crippen LogP contribution in [0, 0.1) is 0 Å². The molecular formula is C37H21NS. The Hall–Kier alpha value is -4.79.